The van der Waals surface area contributed by atoms with Gasteiger partial charge in [0.1, 0.15) is 6.33 Å². The molecule has 2 aromatic heterocycles. The Morgan fingerprint density at radius 1 is 1.19 bits per heavy atom. The van der Waals surface area contributed by atoms with Crippen molar-refractivity contribution in [2.45, 2.75) is 6.04 Å². The summed E-state index contributed by atoms with van der Waals surface area (Å²) in [5.41, 5.74) is 4.39. The van der Waals surface area contributed by atoms with E-state index >= 15 is 0 Å². The molecule has 6 heteroatoms. The van der Waals surface area contributed by atoms with Crippen molar-refractivity contribution in [3.05, 3.63) is 52.8 Å². The van der Waals surface area contributed by atoms with Crippen molar-refractivity contribution in [2.75, 3.05) is 0 Å². The molecule has 2 aromatic rings. The lowest BCUT2D eigenvalue weighted by Crippen LogP contribution is -2.29. The maximum Gasteiger partial charge on any atom is 0.115 e. The summed E-state index contributed by atoms with van der Waals surface area (Å²) in [6.07, 6.45) is 6.62. The summed E-state index contributed by atoms with van der Waals surface area (Å²) in [6.45, 7) is 0. The van der Waals surface area contributed by atoms with E-state index in [4.69, 9.17) is 5.84 Å². The van der Waals surface area contributed by atoms with Crippen LogP contribution in [0.2, 0.25) is 0 Å². The monoisotopic (exact) mass is 279 g/mol. The second-order valence-electron chi connectivity index (χ2n) is 3.17. The zero-order chi connectivity index (χ0) is 11.4. The van der Waals surface area contributed by atoms with E-state index in [1.165, 1.54) is 6.33 Å². The summed E-state index contributed by atoms with van der Waals surface area (Å²) in [4.78, 5) is 12.2. The zero-order valence-corrected chi connectivity index (χ0v) is 9.92. The Balaban J connectivity index is 2.33. The number of hydrazine groups is 1. The molecule has 0 aliphatic carbocycles. The summed E-state index contributed by atoms with van der Waals surface area (Å²) in [5, 5.41) is 0. The highest BCUT2D eigenvalue weighted by Crippen LogP contribution is 2.19. The minimum absolute atomic E-state index is 0.200. The molecular weight excluding hydrogens is 270 g/mol. The smallest absolute Gasteiger partial charge is 0.115 e. The predicted molar refractivity (Wildman–Crippen MR) is 63.1 cm³/mol. The van der Waals surface area contributed by atoms with E-state index in [9.17, 15) is 0 Å². The van der Waals surface area contributed by atoms with Gasteiger partial charge in [-0.05, 0) is 28.1 Å². The standard InChI is InChI=1S/C10H10BrN5/c11-8-1-2-9(15-5-8)10(16-12)7-3-13-6-14-4-7/h1-6,10,16H,12H2. The molecule has 16 heavy (non-hydrogen) atoms. The molecule has 3 N–H and O–H groups in total. The van der Waals surface area contributed by atoms with Crippen molar-refractivity contribution < 1.29 is 0 Å². The lowest BCUT2D eigenvalue weighted by atomic mass is 10.1. The van der Waals surface area contributed by atoms with Gasteiger partial charge in [-0.2, -0.15) is 0 Å². The molecule has 0 saturated carbocycles. The summed E-state index contributed by atoms with van der Waals surface area (Å²) >= 11 is 3.33. The Labute approximate surface area is 101 Å². The van der Waals surface area contributed by atoms with Crippen LogP contribution in [0.4, 0.5) is 0 Å². The van der Waals surface area contributed by atoms with Crippen molar-refractivity contribution in [2.24, 2.45) is 5.84 Å². The molecule has 0 aliphatic rings. The topological polar surface area (TPSA) is 76.7 Å². The molecule has 0 bridgehead atoms. The van der Waals surface area contributed by atoms with Gasteiger partial charge in [0.25, 0.3) is 0 Å². The third-order valence-electron chi connectivity index (χ3n) is 2.13. The van der Waals surface area contributed by atoms with Crippen LogP contribution in [0.15, 0.2) is 41.5 Å². The van der Waals surface area contributed by atoms with Crippen molar-refractivity contribution >= 4 is 15.9 Å². The number of nitrogens with two attached hydrogens (primary N) is 1. The van der Waals surface area contributed by atoms with Crippen LogP contribution in [0, 0.1) is 0 Å². The van der Waals surface area contributed by atoms with Gasteiger partial charge in [0.15, 0.2) is 0 Å². The SMILES string of the molecule is NNC(c1cncnc1)c1ccc(Br)cn1. The maximum atomic E-state index is 5.52. The van der Waals surface area contributed by atoms with Gasteiger partial charge < -0.3 is 0 Å². The van der Waals surface area contributed by atoms with Crippen LogP contribution in [0.5, 0.6) is 0 Å². The van der Waals surface area contributed by atoms with Gasteiger partial charge >= 0.3 is 0 Å². The lowest BCUT2D eigenvalue weighted by molar-refractivity contribution is 0.616. The first-order valence-corrected chi connectivity index (χ1v) is 5.43. The van der Waals surface area contributed by atoms with Crippen molar-refractivity contribution in [1.29, 1.82) is 0 Å². The fraction of sp³-hybridized carbons (Fsp3) is 0.100. The first-order valence-electron chi connectivity index (χ1n) is 4.63. The van der Waals surface area contributed by atoms with Crippen molar-refractivity contribution in [1.82, 2.24) is 20.4 Å². The molecule has 5 nitrogen and oxygen atoms in total. The Morgan fingerprint density at radius 3 is 2.50 bits per heavy atom. The molecule has 82 valence electrons. The summed E-state index contributed by atoms with van der Waals surface area (Å²) < 4.78 is 0.927. The molecule has 0 spiro atoms. The van der Waals surface area contributed by atoms with E-state index in [-0.39, 0.29) is 6.04 Å². The van der Waals surface area contributed by atoms with Crippen LogP contribution in [0.1, 0.15) is 17.3 Å². The Kier molecular flexibility index (Phi) is 3.55. The number of pyridine rings is 1. The fourth-order valence-electron chi connectivity index (χ4n) is 1.37. The highest BCUT2D eigenvalue weighted by Gasteiger charge is 2.13. The average molecular weight is 280 g/mol. The van der Waals surface area contributed by atoms with Gasteiger partial charge in [-0.3, -0.25) is 10.8 Å². The van der Waals surface area contributed by atoms with Gasteiger partial charge in [0.2, 0.25) is 0 Å². The number of nitrogens with one attached hydrogen (secondary N) is 1. The van der Waals surface area contributed by atoms with Crippen LogP contribution in [0.25, 0.3) is 0 Å². The number of hydrogen-bond donors (Lipinski definition) is 2. The Bertz CT molecular complexity index is 445. The van der Waals surface area contributed by atoms with Gasteiger partial charge in [0, 0.05) is 28.6 Å². The molecule has 0 radical (unpaired) electrons. The van der Waals surface area contributed by atoms with Crippen LogP contribution >= 0.6 is 15.9 Å². The van der Waals surface area contributed by atoms with E-state index in [0.29, 0.717) is 0 Å². The largest absolute Gasteiger partial charge is 0.271 e. The summed E-state index contributed by atoms with van der Waals surface area (Å²) in [5.74, 6) is 5.52. The summed E-state index contributed by atoms with van der Waals surface area (Å²) in [6, 6.07) is 3.60. The average Bonchev–Trinajstić information content (AvgIpc) is 2.34. The quantitative estimate of drug-likeness (QED) is 0.652. The molecule has 0 saturated heterocycles. The van der Waals surface area contributed by atoms with E-state index in [0.717, 1.165) is 15.7 Å². The number of rotatable bonds is 3. The van der Waals surface area contributed by atoms with Gasteiger partial charge in [-0.25, -0.2) is 15.4 Å². The molecule has 1 atom stereocenters. The minimum atomic E-state index is -0.200. The maximum absolute atomic E-state index is 5.52. The highest BCUT2D eigenvalue weighted by atomic mass is 79.9. The number of halogens is 1. The van der Waals surface area contributed by atoms with Crippen molar-refractivity contribution in [3.63, 3.8) is 0 Å². The van der Waals surface area contributed by atoms with Gasteiger partial charge in [0.05, 0.1) is 11.7 Å². The molecule has 0 fully saturated rings. The second kappa shape index (κ2) is 5.11. The van der Waals surface area contributed by atoms with Crippen LogP contribution in [-0.4, -0.2) is 15.0 Å². The first-order chi connectivity index (χ1) is 7.81. The van der Waals surface area contributed by atoms with Crippen LogP contribution < -0.4 is 11.3 Å². The molecule has 2 rings (SSSR count). The third kappa shape index (κ3) is 2.41. The number of hydrogen-bond acceptors (Lipinski definition) is 5. The third-order valence-corrected chi connectivity index (χ3v) is 2.60. The van der Waals surface area contributed by atoms with Crippen molar-refractivity contribution in [3.8, 4) is 0 Å². The lowest BCUT2D eigenvalue weighted by Gasteiger charge is -2.14. The molecule has 0 aliphatic heterocycles. The van der Waals surface area contributed by atoms with Crippen LogP contribution in [-0.2, 0) is 0 Å². The highest BCUT2D eigenvalue weighted by molar-refractivity contribution is 9.10. The molecular formula is C10H10BrN5. The zero-order valence-electron chi connectivity index (χ0n) is 8.34. The molecule has 1 unspecified atom stereocenters. The fourth-order valence-corrected chi connectivity index (χ4v) is 1.60. The predicted octanol–water partition coefficient (Wildman–Crippen LogP) is 1.19. The minimum Gasteiger partial charge on any atom is -0.271 e. The molecule has 0 aromatic carbocycles. The Hall–Kier alpha value is -1.37. The van der Waals surface area contributed by atoms with E-state index in [1.807, 2.05) is 12.1 Å². The Morgan fingerprint density at radius 2 is 1.94 bits per heavy atom. The molecule has 2 heterocycles. The van der Waals surface area contributed by atoms with Gasteiger partial charge in [-0.1, -0.05) is 0 Å². The first kappa shape index (κ1) is 11.1. The van der Waals surface area contributed by atoms with E-state index in [2.05, 4.69) is 36.3 Å². The number of nitrogens with zero attached hydrogens (tertiary/aromatic N) is 3. The van der Waals surface area contributed by atoms with E-state index < -0.39 is 0 Å². The molecule has 0 amide bonds. The van der Waals surface area contributed by atoms with Gasteiger partial charge in [-0.15, -0.1) is 0 Å². The second-order valence-corrected chi connectivity index (χ2v) is 4.09. The van der Waals surface area contributed by atoms with Crippen LogP contribution in [0.3, 0.4) is 0 Å². The van der Waals surface area contributed by atoms with E-state index in [1.54, 1.807) is 18.6 Å². The normalized spacial score (nSPS) is 12.4. The number of aromatic nitrogens is 3. The summed E-state index contributed by atoms with van der Waals surface area (Å²) in [7, 11) is 0.